The number of nitrogens with one attached hydrogen (secondary N) is 3. The second-order valence-corrected chi connectivity index (χ2v) is 6.04. The summed E-state index contributed by atoms with van der Waals surface area (Å²) in [6, 6.07) is 9.42. The van der Waals surface area contributed by atoms with Crippen LogP contribution in [0.3, 0.4) is 0 Å². The number of benzene rings is 2. The lowest BCUT2D eigenvalue weighted by Crippen LogP contribution is -2.31. The molecule has 1 unspecified atom stereocenters. The normalized spacial score (nSPS) is 14.1. The lowest BCUT2D eigenvalue weighted by atomic mass is 10.0. The number of halogens is 3. The summed E-state index contributed by atoms with van der Waals surface area (Å²) in [6.45, 7) is 1.76. The molecule has 0 saturated heterocycles. The Morgan fingerprint density at radius 2 is 2.00 bits per heavy atom. The van der Waals surface area contributed by atoms with Crippen molar-refractivity contribution in [3.05, 3.63) is 53.6 Å². The third kappa shape index (κ3) is 4.90. The molecule has 142 valence electrons. The fourth-order valence-electron chi connectivity index (χ4n) is 2.74. The van der Waals surface area contributed by atoms with Crippen molar-refractivity contribution in [3.63, 3.8) is 0 Å². The Morgan fingerprint density at radius 1 is 1.22 bits per heavy atom. The Morgan fingerprint density at radius 3 is 2.74 bits per heavy atom. The van der Waals surface area contributed by atoms with E-state index in [9.17, 15) is 22.8 Å². The van der Waals surface area contributed by atoms with Crippen molar-refractivity contribution in [1.82, 2.24) is 5.32 Å². The third-order valence-corrected chi connectivity index (χ3v) is 3.93. The van der Waals surface area contributed by atoms with Crippen molar-refractivity contribution in [2.45, 2.75) is 25.7 Å². The average molecular weight is 379 g/mol. The standard InChI is InChI=1S/C18H16F3N3O3/c1-10(11-5-6-15-12(7-11)8-16(25)24-15)22-17(26)23-13-3-2-4-14(9-13)27-18(19,20)21/h2-7,9-10H,8H2,1H3,(H,24,25)(H2,22,23,26). The molecule has 3 rings (SSSR count). The predicted octanol–water partition coefficient (Wildman–Crippen LogP) is 3.96. The van der Waals surface area contributed by atoms with E-state index in [-0.39, 0.29) is 24.1 Å². The molecule has 2 aromatic rings. The summed E-state index contributed by atoms with van der Waals surface area (Å²) in [5.41, 5.74) is 2.56. The highest BCUT2D eigenvalue weighted by Gasteiger charge is 2.31. The number of alkyl halides is 3. The largest absolute Gasteiger partial charge is 0.573 e. The summed E-state index contributed by atoms with van der Waals surface area (Å²) >= 11 is 0. The van der Waals surface area contributed by atoms with Crippen LogP contribution in [0.5, 0.6) is 5.75 Å². The number of fused-ring (bicyclic) bond motifs is 1. The van der Waals surface area contributed by atoms with Gasteiger partial charge in [-0.2, -0.15) is 0 Å². The first kappa shape index (κ1) is 18.6. The minimum Gasteiger partial charge on any atom is -0.406 e. The molecule has 0 aliphatic carbocycles. The smallest absolute Gasteiger partial charge is 0.406 e. The number of hydrogen-bond acceptors (Lipinski definition) is 3. The molecular weight excluding hydrogens is 363 g/mol. The van der Waals surface area contributed by atoms with E-state index in [0.29, 0.717) is 0 Å². The topological polar surface area (TPSA) is 79.5 Å². The van der Waals surface area contributed by atoms with Gasteiger partial charge in [0.05, 0.1) is 12.5 Å². The van der Waals surface area contributed by atoms with Gasteiger partial charge in [0, 0.05) is 17.4 Å². The molecule has 27 heavy (non-hydrogen) atoms. The molecule has 6 nitrogen and oxygen atoms in total. The molecule has 1 aliphatic heterocycles. The van der Waals surface area contributed by atoms with Gasteiger partial charge < -0.3 is 20.7 Å². The predicted molar refractivity (Wildman–Crippen MR) is 92.5 cm³/mol. The summed E-state index contributed by atoms with van der Waals surface area (Å²) in [5, 5.41) is 7.89. The van der Waals surface area contributed by atoms with Crippen LogP contribution in [-0.2, 0) is 11.2 Å². The van der Waals surface area contributed by atoms with Crippen molar-refractivity contribution < 1.29 is 27.5 Å². The zero-order valence-corrected chi connectivity index (χ0v) is 14.2. The van der Waals surface area contributed by atoms with Crippen molar-refractivity contribution in [1.29, 1.82) is 0 Å². The number of anilines is 2. The Hall–Kier alpha value is -3.23. The molecule has 0 spiro atoms. The zero-order chi connectivity index (χ0) is 19.6. The molecule has 0 saturated carbocycles. The van der Waals surface area contributed by atoms with Crippen molar-refractivity contribution in [3.8, 4) is 5.75 Å². The Kier molecular flexibility index (Phi) is 4.93. The lowest BCUT2D eigenvalue weighted by molar-refractivity contribution is -0.274. The molecule has 0 aromatic heterocycles. The van der Waals surface area contributed by atoms with Crippen LogP contribution in [-0.4, -0.2) is 18.3 Å². The highest BCUT2D eigenvalue weighted by Crippen LogP contribution is 2.27. The lowest BCUT2D eigenvalue weighted by Gasteiger charge is -2.16. The number of ether oxygens (including phenoxy) is 1. The van der Waals surface area contributed by atoms with Gasteiger partial charge in [-0.15, -0.1) is 13.2 Å². The zero-order valence-electron chi connectivity index (χ0n) is 14.2. The van der Waals surface area contributed by atoms with E-state index in [0.717, 1.165) is 28.9 Å². The second-order valence-electron chi connectivity index (χ2n) is 6.04. The highest BCUT2D eigenvalue weighted by atomic mass is 19.4. The quantitative estimate of drug-likeness (QED) is 0.752. The Bertz CT molecular complexity index is 884. The van der Waals surface area contributed by atoms with Crippen molar-refractivity contribution in [2.24, 2.45) is 0 Å². The number of amides is 3. The highest BCUT2D eigenvalue weighted by molar-refractivity contribution is 5.99. The summed E-state index contributed by atoms with van der Waals surface area (Å²) in [7, 11) is 0. The minimum atomic E-state index is -4.81. The number of rotatable bonds is 4. The first-order chi connectivity index (χ1) is 12.7. The van der Waals surface area contributed by atoms with Gasteiger partial charge in [-0.25, -0.2) is 4.79 Å². The monoisotopic (exact) mass is 379 g/mol. The molecule has 3 N–H and O–H groups in total. The molecular formula is C18H16F3N3O3. The fraction of sp³-hybridized carbons (Fsp3) is 0.222. The van der Waals surface area contributed by atoms with Gasteiger partial charge in [0.2, 0.25) is 5.91 Å². The van der Waals surface area contributed by atoms with Crippen LogP contribution in [0.2, 0.25) is 0 Å². The average Bonchev–Trinajstić information content (AvgIpc) is 2.92. The molecule has 3 amide bonds. The van der Waals surface area contributed by atoms with Crippen molar-refractivity contribution in [2.75, 3.05) is 10.6 Å². The van der Waals surface area contributed by atoms with E-state index in [1.807, 2.05) is 6.07 Å². The second kappa shape index (κ2) is 7.18. The van der Waals surface area contributed by atoms with Gasteiger partial charge in [-0.1, -0.05) is 18.2 Å². The fourth-order valence-corrected chi connectivity index (χ4v) is 2.74. The maximum atomic E-state index is 12.3. The van der Waals surface area contributed by atoms with E-state index >= 15 is 0 Å². The van der Waals surface area contributed by atoms with Gasteiger partial charge in [-0.05, 0) is 36.2 Å². The van der Waals surface area contributed by atoms with Gasteiger partial charge >= 0.3 is 12.4 Å². The Labute approximate surface area is 152 Å². The van der Waals surface area contributed by atoms with Gasteiger partial charge in [-0.3, -0.25) is 4.79 Å². The number of urea groups is 1. The molecule has 0 fully saturated rings. The maximum absolute atomic E-state index is 12.3. The number of carbonyl (C=O) groups excluding carboxylic acids is 2. The molecule has 1 atom stereocenters. The molecule has 1 aliphatic rings. The van der Waals surface area contributed by atoms with Crippen LogP contribution >= 0.6 is 0 Å². The van der Waals surface area contributed by atoms with Crippen LogP contribution < -0.4 is 20.7 Å². The van der Waals surface area contributed by atoms with E-state index in [4.69, 9.17) is 0 Å². The van der Waals surface area contributed by atoms with E-state index in [1.165, 1.54) is 12.1 Å². The van der Waals surface area contributed by atoms with Gasteiger partial charge in [0.1, 0.15) is 5.75 Å². The van der Waals surface area contributed by atoms with Crippen LogP contribution in [0.4, 0.5) is 29.3 Å². The number of carbonyl (C=O) groups is 2. The van der Waals surface area contributed by atoms with E-state index < -0.39 is 18.1 Å². The summed E-state index contributed by atoms with van der Waals surface area (Å²) in [4.78, 5) is 23.5. The van der Waals surface area contributed by atoms with Crippen LogP contribution in [0.15, 0.2) is 42.5 Å². The first-order valence-electron chi connectivity index (χ1n) is 8.05. The third-order valence-electron chi connectivity index (χ3n) is 3.93. The van der Waals surface area contributed by atoms with Crippen LogP contribution in [0.1, 0.15) is 24.1 Å². The Balaban J connectivity index is 1.62. The maximum Gasteiger partial charge on any atom is 0.573 e. The molecule has 1 heterocycles. The summed E-state index contributed by atoms with van der Waals surface area (Å²) in [5.74, 6) is -0.509. The van der Waals surface area contributed by atoms with Gasteiger partial charge in [0.15, 0.2) is 0 Å². The van der Waals surface area contributed by atoms with Gasteiger partial charge in [0.25, 0.3) is 0 Å². The minimum absolute atomic E-state index is 0.0820. The SMILES string of the molecule is CC(NC(=O)Nc1cccc(OC(F)(F)F)c1)c1ccc2c(c1)CC(=O)N2. The van der Waals surface area contributed by atoms with Crippen LogP contribution in [0, 0.1) is 0 Å². The summed E-state index contributed by atoms with van der Waals surface area (Å²) < 4.78 is 40.6. The van der Waals surface area contributed by atoms with Crippen LogP contribution in [0.25, 0.3) is 0 Å². The molecule has 0 radical (unpaired) electrons. The summed E-state index contributed by atoms with van der Waals surface area (Å²) in [6.07, 6.45) is -4.52. The van der Waals surface area contributed by atoms with E-state index in [1.54, 1.807) is 19.1 Å². The number of hydrogen-bond donors (Lipinski definition) is 3. The van der Waals surface area contributed by atoms with Crippen molar-refractivity contribution >= 4 is 23.3 Å². The molecule has 0 bridgehead atoms. The molecule has 2 aromatic carbocycles. The molecule has 9 heteroatoms. The first-order valence-corrected chi connectivity index (χ1v) is 8.05. The van der Waals surface area contributed by atoms with E-state index in [2.05, 4.69) is 20.7 Å².